The van der Waals surface area contributed by atoms with Crippen LogP contribution in [0.15, 0.2) is 24.3 Å². The van der Waals surface area contributed by atoms with E-state index in [2.05, 4.69) is 5.92 Å². The molecule has 15 heavy (non-hydrogen) atoms. The Bertz CT molecular complexity index is 390. The molecule has 1 unspecified atom stereocenters. The van der Waals surface area contributed by atoms with E-state index >= 15 is 0 Å². The Kier molecular flexibility index (Phi) is 3.90. The molecule has 0 saturated carbocycles. The summed E-state index contributed by atoms with van der Waals surface area (Å²) in [5.74, 6) is 1.23. The molecule has 1 aromatic carbocycles. The zero-order valence-corrected chi connectivity index (χ0v) is 8.43. The Hall–Kier alpha value is -1.79. The van der Waals surface area contributed by atoms with E-state index in [4.69, 9.17) is 16.3 Å². The molecule has 1 rings (SSSR count). The van der Waals surface area contributed by atoms with Crippen LogP contribution in [-0.2, 0) is 9.53 Å². The van der Waals surface area contributed by atoms with Gasteiger partial charge in [-0.1, -0.05) is 30.2 Å². The molecule has 3 nitrogen and oxygen atoms in total. The highest BCUT2D eigenvalue weighted by molar-refractivity contribution is 5.75. The number of hydrogen-bond acceptors (Lipinski definition) is 2. The Morgan fingerprint density at radius 3 is 2.80 bits per heavy atom. The molecule has 0 radical (unpaired) electrons. The molecule has 1 N–H and O–H groups in total. The first-order chi connectivity index (χ1) is 7.16. The summed E-state index contributed by atoms with van der Waals surface area (Å²) in [6.07, 6.45) is 4.04. The fourth-order valence-electron chi connectivity index (χ4n) is 1.31. The predicted molar refractivity (Wildman–Crippen MR) is 56.3 cm³/mol. The first kappa shape index (κ1) is 11.3. The minimum atomic E-state index is -1.03. The average Bonchev–Trinajstić information content (AvgIpc) is 2.20. The summed E-state index contributed by atoms with van der Waals surface area (Å²) in [6, 6.07) is 7.19. The lowest BCUT2D eigenvalue weighted by atomic mass is 10.0. The van der Waals surface area contributed by atoms with E-state index in [-0.39, 0.29) is 6.61 Å². The monoisotopic (exact) mass is 204 g/mol. The summed E-state index contributed by atoms with van der Waals surface area (Å²) in [7, 11) is 0. The SMILES string of the molecule is C#CCOC(C(=O)O)c1ccccc1C. The molecule has 0 aliphatic rings. The van der Waals surface area contributed by atoms with Crippen LogP contribution in [-0.4, -0.2) is 17.7 Å². The van der Waals surface area contributed by atoms with E-state index in [0.29, 0.717) is 5.56 Å². The lowest BCUT2D eigenvalue weighted by Gasteiger charge is -2.14. The third kappa shape index (κ3) is 2.83. The summed E-state index contributed by atoms with van der Waals surface area (Å²) in [4.78, 5) is 11.0. The Labute approximate surface area is 88.7 Å². The largest absolute Gasteiger partial charge is 0.479 e. The van der Waals surface area contributed by atoms with Crippen LogP contribution >= 0.6 is 0 Å². The number of carbonyl (C=O) groups is 1. The first-order valence-corrected chi connectivity index (χ1v) is 4.50. The van der Waals surface area contributed by atoms with Gasteiger partial charge in [0.2, 0.25) is 0 Å². The number of terminal acetylenes is 1. The maximum atomic E-state index is 11.0. The minimum Gasteiger partial charge on any atom is -0.479 e. The molecular weight excluding hydrogens is 192 g/mol. The van der Waals surface area contributed by atoms with Crippen molar-refractivity contribution in [1.82, 2.24) is 0 Å². The van der Waals surface area contributed by atoms with Gasteiger partial charge in [0, 0.05) is 0 Å². The Balaban J connectivity index is 2.95. The van der Waals surface area contributed by atoms with Crippen molar-refractivity contribution in [3.05, 3.63) is 35.4 Å². The van der Waals surface area contributed by atoms with Gasteiger partial charge >= 0.3 is 5.97 Å². The topological polar surface area (TPSA) is 46.5 Å². The molecule has 0 aliphatic heterocycles. The van der Waals surface area contributed by atoms with Crippen LogP contribution < -0.4 is 0 Å². The smallest absolute Gasteiger partial charge is 0.337 e. The van der Waals surface area contributed by atoms with Crippen LogP contribution in [0.1, 0.15) is 17.2 Å². The lowest BCUT2D eigenvalue weighted by molar-refractivity contribution is -0.149. The highest BCUT2D eigenvalue weighted by Crippen LogP contribution is 2.20. The van der Waals surface area contributed by atoms with Gasteiger partial charge in [-0.05, 0) is 18.1 Å². The van der Waals surface area contributed by atoms with Crippen LogP contribution in [0, 0.1) is 19.3 Å². The molecule has 0 fully saturated rings. The zero-order valence-electron chi connectivity index (χ0n) is 8.43. The Morgan fingerprint density at radius 2 is 2.27 bits per heavy atom. The fraction of sp³-hybridized carbons (Fsp3) is 0.250. The van der Waals surface area contributed by atoms with E-state index < -0.39 is 12.1 Å². The lowest BCUT2D eigenvalue weighted by Crippen LogP contribution is -2.16. The molecule has 0 heterocycles. The number of hydrogen-bond donors (Lipinski definition) is 1. The van der Waals surface area contributed by atoms with Crippen molar-refractivity contribution in [3.63, 3.8) is 0 Å². The Morgan fingerprint density at radius 1 is 1.60 bits per heavy atom. The first-order valence-electron chi connectivity index (χ1n) is 4.50. The van der Waals surface area contributed by atoms with Gasteiger partial charge in [-0.2, -0.15) is 0 Å². The molecule has 1 atom stereocenters. The third-order valence-corrected chi connectivity index (χ3v) is 2.03. The molecule has 0 bridgehead atoms. The van der Waals surface area contributed by atoms with Crippen LogP contribution in [0.3, 0.4) is 0 Å². The van der Waals surface area contributed by atoms with Gasteiger partial charge < -0.3 is 9.84 Å². The number of carboxylic acids is 1. The zero-order chi connectivity index (χ0) is 11.3. The normalized spacial score (nSPS) is 11.7. The van der Waals surface area contributed by atoms with Crippen LogP contribution in [0.4, 0.5) is 0 Å². The maximum Gasteiger partial charge on any atom is 0.337 e. The van der Waals surface area contributed by atoms with Gasteiger partial charge in [0.1, 0.15) is 6.61 Å². The van der Waals surface area contributed by atoms with Crippen LogP contribution in [0.2, 0.25) is 0 Å². The predicted octanol–water partition coefficient (Wildman–Crippen LogP) is 1.77. The number of aliphatic carboxylic acids is 1. The van der Waals surface area contributed by atoms with E-state index in [1.165, 1.54) is 0 Å². The molecule has 78 valence electrons. The molecule has 0 amide bonds. The van der Waals surface area contributed by atoms with Gasteiger partial charge in [0.05, 0.1) is 0 Å². The standard InChI is InChI=1S/C12H12O3/c1-3-8-15-11(12(13)14)10-7-5-4-6-9(10)2/h1,4-7,11H,8H2,2H3,(H,13,14). The van der Waals surface area contributed by atoms with Crippen molar-refractivity contribution in [2.45, 2.75) is 13.0 Å². The van der Waals surface area contributed by atoms with Crippen molar-refractivity contribution in [1.29, 1.82) is 0 Å². The number of ether oxygens (including phenoxy) is 1. The highest BCUT2D eigenvalue weighted by Gasteiger charge is 2.21. The summed E-state index contributed by atoms with van der Waals surface area (Å²) < 4.78 is 5.08. The minimum absolute atomic E-state index is 0.00863. The van der Waals surface area contributed by atoms with Gasteiger partial charge in [0.15, 0.2) is 6.10 Å². The summed E-state index contributed by atoms with van der Waals surface area (Å²) in [5.41, 5.74) is 1.52. The molecule has 0 aromatic heterocycles. The second kappa shape index (κ2) is 5.18. The number of aryl methyl sites for hydroxylation is 1. The number of benzene rings is 1. The molecule has 0 spiro atoms. The quantitative estimate of drug-likeness (QED) is 0.760. The molecular formula is C12H12O3. The summed E-state index contributed by atoms with van der Waals surface area (Å²) in [6.45, 7) is 1.83. The average molecular weight is 204 g/mol. The van der Waals surface area contributed by atoms with Crippen molar-refractivity contribution < 1.29 is 14.6 Å². The van der Waals surface area contributed by atoms with E-state index in [0.717, 1.165) is 5.56 Å². The molecule has 3 heteroatoms. The van der Waals surface area contributed by atoms with E-state index in [1.807, 2.05) is 19.1 Å². The van der Waals surface area contributed by atoms with Gasteiger partial charge in [-0.15, -0.1) is 6.42 Å². The summed E-state index contributed by atoms with van der Waals surface area (Å²) >= 11 is 0. The second-order valence-corrected chi connectivity index (χ2v) is 3.09. The number of rotatable bonds is 4. The van der Waals surface area contributed by atoms with Crippen LogP contribution in [0.5, 0.6) is 0 Å². The van der Waals surface area contributed by atoms with Gasteiger partial charge in [-0.3, -0.25) is 0 Å². The maximum absolute atomic E-state index is 11.0. The van der Waals surface area contributed by atoms with Crippen molar-refractivity contribution in [3.8, 4) is 12.3 Å². The van der Waals surface area contributed by atoms with Gasteiger partial charge in [0.25, 0.3) is 0 Å². The fourth-order valence-corrected chi connectivity index (χ4v) is 1.31. The highest BCUT2D eigenvalue weighted by atomic mass is 16.5. The van der Waals surface area contributed by atoms with Crippen LogP contribution in [0.25, 0.3) is 0 Å². The van der Waals surface area contributed by atoms with Gasteiger partial charge in [-0.25, -0.2) is 4.79 Å². The van der Waals surface area contributed by atoms with E-state index in [9.17, 15) is 4.79 Å². The van der Waals surface area contributed by atoms with Crippen molar-refractivity contribution in [2.75, 3.05) is 6.61 Å². The molecule has 0 saturated heterocycles. The second-order valence-electron chi connectivity index (χ2n) is 3.09. The van der Waals surface area contributed by atoms with E-state index in [1.54, 1.807) is 12.1 Å². The molecule has 0 aliphatic carbocycles. The van der Waals surface area contributed by atoms with Crippen molar-refractivity contribution in [2.24, 2.45) is 0 Å². The molecule has 1 aromatic rings. The number of carboxylic acid groups (broad SMARTS) is 1. The third-order valence-electron chi connectivity index (χ3n) is 2.03. The summed E-state index contributed by atoms with van der Waals surface area (Å²) in [5, 5.41) is 8.98. The van der Waals surface area contributed by atoms with Crippen molar-refractivity contribution >= 4 is 5.97 Å².